The Labute approximate surface area is 92.7 Å². The first-order valence-corrected chi connectivity index (χ1v) is 5.07. The Morgan fingerprint density at radius 1 is 1.50 bits per heavy atom. The monoisotopic (exact) mass is 221 g/mol. The highest BCUT2D eigenvalue weighted by Gasteiger charge is 2.22. The summed E-state index contributed by atoms with van der Waals surface area (Å²) in [5.41, 5.74) is 7.18. The molecule has 84 valence electrons. The molecule has 4 heteroatoms. The van der Waals surface area contributed by atoms with Gasteiger partial charge in [-0.1, -0.05) is 12.7 Å². The molecule has 0 saturated heterocycles. The number of benzene rings is 1. The number of fused-ring (bicyclic) bond motifs is 1. The second-order valence-electron chi connectivity index (χ2n) is 3.71. The van der Waals surface area contributed by atoms with E-state index in [2.05, 4.69) is 6.58 Å². The first kappa shape index (κ1) is 10.7. The minimum Gasteiger partial charge on any atom is -0.410 e. The van der Waals surface area contributed by atoms with Crippen molar-refractivity contribution in [2.24, 2.45) is 5.73 Å². The molecule has 1 amide bonds. The Morgan fingerprint density at radius 3 is 2.81 bits per heavy atom. The molecule has 1 aliphatic carbocycles. The molecule has 3 nitrogen and oxygen atoms in total. The molecule has 0 bridgehead atoms. The summed E-state index contributed by atoms with van der Waals surface area (Å²) in [5.74, 6) is -0.185. The minimum atomic E-state index is -0.944. The fraction of sp³-hybridized carbons (Fsp3) is 0.250. The fourth-order valence-electron chi connectivity index (χ4n) is 2.15. The van der Waals surface area contributed by atoms with Gasteiger partial charge in [0.25, 0.3) is 0 Å². The predicted molar refractivity (Wildman–Crippen MR) is 58.7 cm³/mol. The van der Waals surface area contributed by atoms with Crippen LogP contribution in [-0.4, -0.2) is 6.09 Å². The molecule has 1 aromatic carbocycles. The van der Waals surface area contributed by atoms with Crippen molar-refractivity contribution in [2.45, 2.75) is 19.3 Å². The highest BCUT2D eigenvalue weighted by atomic mass is 19.1. The van der Waals surface area contributed by atoms with Crippen molar-refractivity contribution < 1.29 is 13.9 Å². The van der Waals surface area contributed by atoms with Gasteiger partial charge < -0.3 is 10.5 Å². The lowest BCUT2D eigenvalue weighted by Crippen LogP contribution is -2.17. The van der Waals surface area contributed by atoms with Crippen LogP contribution in [0.4, 0.5) is 9.18 Å². The predicted octanol–water partition coefficient (Wildman–Crippen LogP) is 2.41. The average Bonchev–Trinajstić information content (AvgIpc) is 2.66. The molecule has 0 spiro atoms. The van der Waals surface area contributed by atoms with Gasteiger partial charge in [0.05, 0.1) is 0 Å². The van der Waals surface area contributed by atoms with E-state index in [0.29, 0.717) is 11.1 Å². The van der Waals surface area contributed by atoms with Gasteiger partial charge in [-0.2, -0.15) is 0 Å². The lowest BCUT2D eigenvalue weighted by Gasteiger charge is -2.11. The number of hydrogen-bond donors (Lipinski definition) is 1. The lowest BCUT2D eigenvalue weighted by molar-refractivity contribution is 0.210. The fourth-order valence-corrected chi connectivity index (χ4v) is 2.15. The number of carbonyl (C=O) groups is 1. The van der Waals surface area contributed by atoms with Gasteiger partial charge in [-0.15, -0.1) is 0 Å². The summed E-state index contributed by atoms with van der Waals surface area (Å²) in [5, 5.41) is 0. The maximum atomic E-state index is 13.7. The Morgan fingerprint density at radius 2 is 2.19 bits per heavy atom. The van der Waals surface area contributed by atoms with Crippen LogP contribution in [0.25, 0.3) is 6.08 Å². The molecule has 2 N–H and O–H groups in total. The third-order valence-electron chi connectivity index (χ3n) is 2.77. The molecule has 0 aromatic heterocycles. The summed E-state index contributed by atoms with van der Waals surface area (Å²) in [6.45, 7) is 3.65. The summed E-state index contributed by atoms with van der Waals surface area (Å²) < 4.78 is 18.4. The van der Waals surface area contributed by atoms with Gasteiger partial charge in [0, 0.05) is 11.6 Å². The Bertz CT molecular complexity index is 469. The molecular formula is C12H12FNO2. The molecule has 1 aliphatic rings. The number of hydrogen-bond acceptors (Lipinski definition) is 2. The van der Waals surface area contributed by atoms with Gasteiger partial charge in [0.2, 0.25) is 0 Å². The molecule has 0 fully saturated rings. The first-order chi connectivity index (χ1) is 7.63. The van der Waals surface area contributed by atoms with Crippen LogP contribution in [0.2, 0.25) is 0 Å². The molecule has 0 heterocycles. The zero-order chi connectivity index (χ0) is 11.7. The van der Waals surface area contributed by atoms with Gasteiger partial charge in [0.15, 0.2) is 0 Å². The minimum absolute atomic E-state index is 0.153. The number of primary amides is 1. The zero-order valence-electron chi connectivity index (χ0n) is 8.75. The van der Waals surface area contributed by atoms with Gasteiger partial charge in [-0.25, -0.2) is 9.18 Å². The SMILES string of the molecule is C=Cc1c(OC(N)=O)cc(F)c2c1CCC2. The third kappa shape index (κ3) is 1.66. The third-order valence-corrected chi connectivity index (χ3v) is 2.77. The summed E-state index contributed by atoms with van der Waals surface area (Å²) in [6.07, 6.45) is 3.04. The summed E-state index contributed by atoms with van der Waals surface area (Å²) >= 11 is 0. The van der Waals surface area contributed by atoms with Crippen LogP contribution in [0.15, 0.2) is 12.6 Å². The second-order valence-corrected chi connectivity index (χ2v) is 3.71. The number of halogens is 1. The average molecular weight is 221 g/mol. The summed E-state index contributed by atoms with van der Waals surface area (Å²) in [7, 11) is 0. The number of carbonyl (C=O) groups excluding carboxylic acids is 1. The highest BCUT2D eigenvalue weighted by Crippen LogP contribution is 2.34. The van der Waals surface area contributed by atoms with E-state index in [-0.39, 0.29) is 11.6 Å². The molecule has 0 atom stereocenters. The van der Waals surface area contributed by atoms with E-state index in [9.17, 15) is 9.18 Å². The van der Waals surface area contributed by atoms with E-state index in [0.717, 1.165) is 24.8 Å². The molecular weight excluding hydrogens is 209 g/mol. The number of rotatable bonds is 2. The van der Waals surface area contributed by atoms with Gasteiger partial charge in [0.1, 0.15) is 11.6 Å². The van der Waals surface area contributed by atoms with E-state index < -0.39 is 6.09 Å². The van der Waals surface area contributed by atoms with E-state index in [1.165, 1.54) is 6.07 Å². The van der Waals surface area contributed by atoms with Crippen LogP contribution in [0, 0.1) is 5.82 Å². The lowest BCUT2D eigenvalue weighted by atomic mass is 10.0. The van der Waals surface area contributed by atoms with Crippen molar-refractivity contribution in [1.82, 2.24) is 0 Å². The van der Waals surface area contributed by atoms with Crippen molar-refractivity contribution >= 4 is 12.2 Å². The normalized spacial score (nSPS) is 13.3. The number of ether oxygens (including phenoxy) is 1. The van der Waals surface area contributed by atoms with E-state index in [4.69, 9.17) is 10.5 Å². The first-order valence-electron chi connectivity index (χ1n) is 5.07. The summed E-state index contributed by atoms with van der Waals surface area (Å²) in [6, 6.07) is 1.20. The van der Waals surface area contributed by atoms with E-state index in [1.807, 2.05) is 0 Å². The standard InChI is InChI=1S/C12H12FNO2/c1-2-7-8-4-3-5-9(8)10(13)6-11(7)16-12(14)15/h2,6H,1,3-5H2,(H2,14,15). The van der Waals surface area contributed by atoms with E-state index >= 15 is 0 Å². The van der Waals surface area contributed by atoms with Crippen molar-refractivity contribution in [3.05, 3.63) is 35.2 Å². The number of nitrogens with two attached hydrogens (primary N) is 1. The molecule has 0 aliphatic heterocycles. The van der Waals surface area contributed by atoms with Crippen LogP contribution in [0.3, 0.4) is 0 Å². The highest BCUT2D eigenvalue weighted by molar-refractivity contribution is 5.72. The van der Waals surface area contributed by atoms with Crippen molar-refractivity contribution in [1.29, 1.82) is 0 Å². The maximum absolute atomic E-state index is 13.7. The molecule has 16 heavy (non-hydrogen) atoms. The molecule has 2 rings (SSSR count). The van der Waals surface area contributed by atoms with Crippen LogP contribution in [0.1, 0.15) is 23.1 Å². The maximum Gasteiger partial charge on any atom is 0.409 e. The summed E-state index contributed by atoms with van der Waals surface area (Å²) in [4.78, 5) is 10.7. The van der Waals surface area contributed by atoms with Crippen molar-refractivity contribution in [3.8, 4) is 5.75 Å². The van der Waals surface area contributed by atoms with Gasteiger partial charge in [-0.05, 0) is 30.4 Å². The Kier molecular flexibility index (Phi) is 2.64. The van der Waals surface area contributed by atoms with Crippen LogP contribution >= 0.6 is 0 Å². The Hall–Kier alpha value is -1.84. The van der Waals surface area contributed by atoms with Crippen LogP contribution in [0.5, 0.6) is 5.75 Å². The topological polar surface area (TPSA) is 52.3 Å². The molecule has 0 radical (unpaired) electrons. The van der Waals surface area contributed by atoms with Gasteiger partial charge >= 0.3 is 6.09 Å². The van der Waals surface area contributed by atoms with Gasteiger partial charge in [-0.3, -0.25) is 0 Å². The quantitative estimate of drug-likeness (QED) is 0.833. The smallest absolute Gasteiger partial charge is 0.409 e. The number of amides is 1. The molecule has 0 saturated carbocycles. The largest absolute Gasteiger partial charge is 0.410 e. The van der Waals surface area contributed by atoms with Crippen LogP contribution < -0.4 is 10.5 Å². The van der Waals surface area contributed by atoms with Crippen molar-refractivity contribution in [3.63, 3.8) is 0 Å². The molecule has 1 aromatic rings. The van der Waals surface area contributed by atoms with E-state index in [1.54, 1.807) is 6.08 Å². The zero-order valence-corrected chi connectivity index (χ0v) is 8.75. The Balaban J connectivity index is 2.57. The molecule has 0 unspecified atom stereocenters. The van der Waals surface area contributed by atoms with Crippen LogP contribution in [-0.2, 0) is 12.8 Å². The second kappa shape index (κ2) is 3.96. The van der Waals surface area contributed by atoms with Crippen molar-refractivity contribution in [2.75, 3.05) is 0 Å².